The van der Waals surface area contributed by atoms with Crippen LogP contribution in [0.15, 0.2) is 23.1 Å². The average molecular weight is 398 g/mol. The van der Waals surface area contributed by atoms with Crippen LogP contribution in [-0.2, 0) is 21.2 Å². The molecule has 1 unspecified atom stereocenters. The van der Waals surface area contributed by atoms with Gasteiger partial charge in [0.05, 0.1) is 9.82 Å². The summed E-state index contributed by atoms with van der Waals surface area (Å²) in [7, 11) is -3.92. The summed E-state index contributed by atoms with van der Waals surface area (Å²) in [5.41, 5.74) is 5.64. The van der Waals surface area contributed by atoms with Crippen molar-refractivity contribution in [3.8, 4) is 0 Å². The number of nitrogens with two attached hydrogens (primary N) is 1. The van der Waals surface area contributed by atoms with E-state index in [2.05, 4.69) is 5.32 Å². The van der Waals surface area contributed by atoms with Gasteiger partial charge in [-0.2, -0.15) is 4.31 Å². The maximum absolute atomic E-state index is 13.3. The molecule has 1 aromatic carbocycles. The molecule has 3 N–H and O–H groups in total. The molecule has 0 aromatic heterocycles. The van der Waals surface area contributed by atoms with E-state index in [1.807, 2.05) is 0 Å². The van der Waals surface area contributed by atoms with Crippen LogP contribution in [0.5, 0.6) is 0 Å². The van der Waals surface area contributed by atoms with E-state index >= 15 is 0 Å². The van der Waals surface area contributed by atoms with Crippen LogP contribution in [0.25, 0.3) is 0 Å². The van der Waals surface area contributed by atoms with Gasteiger partial charge in [0, 0.05) is 44.2 Å². The number of carbonyl (C=O) groups is 1. The molecule has 1 saturated heterocycles. The van der Waals surface area contributed by atoms with Crippen molar-refractivity contribution < 1.29 is 18.1 Å². The summed E-state index contributed by atoms with van der Waals surface area (Å²) in [6.45, 7) is 2.56. The van der Waals surface area contributed by atoms with Gasteiger partial charge in [-0.05, 0) is 24.8 Å². The van der Waals surface area contributed by atoms with Crippen molar-refractivity contribution in [3.63, 3.8) is 0 Å². The van der Waals surface area contributed by atoms with Crippen LogP contribution in [0.1, 0.15) is 38.2 Å². The van der Waals surface area contributed by atoms with Gasteiger partial charge in [0.25, 0.3) is 5.69 Å². The first kappa shape index (κ1) is 21.3. The molecule has 0 aliphatic carbocycles. The second kappa shape index (κ2) is 9.25. The third-order valence-corrected chi connectivity index (χ3v) is 6.74. The number of carbonyl (C=O) groups excluding carboxylic acids is 1. The lowest BCUT2D eigenvalue weighted by atomic mass is 10.1. The Morgan fingerprint density at radius 1 is 1.41 bits per heavy atom. The summed E-state index contributed by atoms with van der Waals surface area (Å²) in [4.78, 5) is 22.2. The van der Waals surface area contributed by atoms with Crippen molar-refractivity contribution in [2.75, 3.05) is 19.6 Å². The number of nitrogens with one attached hydrogen (secondary N) is 1. The Morgan fingerprint density at radius 3 is 2.78 bits per heavy atom. The highest BCUT2D eigenvalue weighted by molar-refractivity contribution is 7.89. The monoisotopic (exact) mass is 398 g/mol. The Bertz CT molecular complexity index is 797. The fraction of sp³-hybridized carbons (Fsp3) is 0.588. The van der Waals surface area contributed by atoms with Gasteiger partial charge in [0.15, 0.2) is 0 Å². The maximum atomic E-state index is 13.3. The molecular formula is C17H26N4O5S. The lowest BCUT2D eigenvalue weighted by molar-refractivity contribution is -0.385. The van der Waals surface area contributed by atoms with Gasteiger partial charge >= 0.3 is 0 Å². The molecule has 2 rings (SSSR count). The van der Waals surface area contributed by atoms with Crippen molar-refractivity contribution >= 4 is 21.6 Å². The molecule has 0 saturated carbocycles. The highest BCUT2D eigenvalue weighted by atomic mass is 32.2. The Kier molecular flexibility index (Phi) is 7.28. The van der Waals surface area contributed by atoms with E-state index in [4.69, 9.17) is 5.73 Å². The summed E-state index contributed by atoms with van der Waals surface area (Å²) < 4.78 is 28.0. The predicted molar refractivity (Wildman–Crippen MR) is 101 cm³/mol. The minimum Gasteiger partial charge on any atom is -0.354 e. The Morgan fingerprint density at radius 2 is 2.15 bits per heavy atom. The SMILES string of the molecule is CCc1ccc([N+](=O)[O-])cc1S(=O)(=O)N1CCCCC1CNC(=O)CCN. The fourth-order valence-corrected chi connectivity index (χ4v) is 5.27. The first-order chi connectivity index (χ1) is 12.8. The van der Waals surface area contributed by atoms with Crippen molar-refractivity contribution in [1.29, 1.82) is 0 Å². The Balaban J connectivity index is 2.33. The molecular weight excluding hydrogens is 372 g/mol. The molecule has 0 bridgehead atoms. The number of nitro benzene ring substituents is 1. The molecule has 10 heteroatoms. The topological polar surface area (TPSA) is 136 Å². The molecule has 1 atom stereocenters. The van der Waals surface area contributed by atoms with Crippen molar-refractivity contribution in [3.05, 3.63) is 33.9 Å². The quantitative estimate of drug-likeness (QED) is 0.498. The summed E-state index contributed by atoms with van der Waals surface area (Å²) in [6, 6.07) is 3.56. The predicted octanol–water partition coefficient (Wildman–Crippen LogP) is 1.17. The molecule has 27 heavy (non-hydrogen) atoms. The molecule has 1 aliphatic heterocycles. The third kappa shape index (κ3) is 5.02. The van der Waals surface area contributed by atoms with Crippen LogP contribution < -0.4 is 11.1 Å². The third-order valence-electron chi connectivity index (χ3n) is 4.71. The number of hydrogen-bond donors (Lipinski definition) is 2. The summed E-state index contributed by atoms with van der Waals surface area (Å²) >= 11 is 0. The van der Waals surface area contributed by atoms with Gasteiger partial charge in [-0.1, -0.05) is 19.4 Å². The number of aryl methyl sites for hydroxylation is 1. The number of piperidine rings is 1. The maximum Gasteiger partial charge on any atom is 0.270 e. The van der Waals surface area contributed by atoms with E-state index in [9.17, 15) is 23.3 Å². The molecule has 1 amide bonds. The molecule has 150 valence electrons. The van der Waals surface area contributed by atoms with Crippen LogP contribution in [0.4, 0.5) is 5.69 Å². The highest BCUT2D eigenvalue weighted by Crippen LogP contribution is 2.30. The fourth-order valence-electron chi connectivity index (χ4n) is 3.26. The van der Waals surface area contributed by atoms with Crippen LogP contribution in [0.3, 0.4) is 0 Å². The molecule has 0 radical (unpaired) electrons. The number of non-ortho nitro benzene ring substituents is 1. The van der Waals surface area contributed by atoms with E-state index in [0.717, 1.165) is 12.5 Å². The van der Waals surface area contributed by atoms with Gasteiger partial charge in [0.1, 0.15) is 0 Å². The lowest BCUT2D eigenvalue weighted by Gasteiger charge is -2.35. The number of benzene rings is 1. The second-order valence-corrected chi connectivity index (χ2v) is 8.37. The van der Waals surface area contributed by atoms with Gasteiger partial charge < -0.3 is 11.1 Å². The van der Waals surface area contributed by atoms with Crippen LogP contribution in [-0.4, -0.2) is 49.2 Å². The average Bonchev–Trinajstić information content (AvgIpc) is 2.66. The van der Waals surface area contributed by atoms with Crippen LogP contribution >= 0.6 is 0 Å². The molecule has 1 aliphatic rings. The minimum absolute atomic E-state index is 0.0283. The minimum atomic E-state index is -3.92. The van der Waals surface area contributed by atoms with Gasteiger partial charge in [-0.15, -0.1) is 0 Å². The summed E-state index contributed by atoms with van der Waals surface area (Å²) in [5.74, 6) is -0.218. The Hall–Kier alpha value is -2.04. The highest BCUT2D eigenvalue weighted by Gasteiger charge is 2.35. The molecule has 1 heterocycles. The standard InChI is InChI=1S/C17H26N4O5S/c1-2-13-6-7-14(21(23)24)11-16(13)27(25,26)20-10-4-3-5-15(20)12-19-17(22)8-9-18/h6-7,11,15H,2-5,8-10,12,18H2,1H3,(H,19,22). The normalized spacial score (nSPS) is 18.2. The van der Waals surface area contributed by atoms with E-state index < -0.39 is 14.9 Å². The number of hydrogen-bond acceptors (Lipinski definition) is 6. The lowest BCUT2D eigenvalue weighted by Crippen LogP contribution is -2.49. The van der Waals surface area contributed by atoms with E-state index in [-0.39, 0.29) is 42.0 Å². The van der Waals surface area contributed by atoms with Crippen LogP contribution in [0.2, 0.25) is 0 Å². The second-order valence-electron chi connectivity index (χ2n) is 6.51. The molecule has 9 nitrogen and oxygen atoms in total. The van der Waals surface area contributed by atoms with Gasteiger partial charge in [-0.3, -0.25) is 14.9 Å². The molecule has 1 fully saturated rings. The molecule has 0 spiro atoms. The zero-order valence-corrected chi connectivity index (χ0v) is 16.2. The molecule has 1 aromatic rings. The van der Waals surface area contributed by atoms with Gasteiger partial charge in [0.2, 0.25) is 15.9 Å². The van der Waals surface area contributed by atoms with E-state index in [1.54, 1.807) is 6.92 Å². The van der Waals surface area contributed by atoms with Gasteiger partial charge in [-0.25, -0.2) is 8.42 Å². The number of sulfonamides is 1. The van der Waals surface area contributed by atoms with E-state index in [1.165, 1.54) is 16.4 Å². The largest absolute Gasteiger partial charge is 0.354 e. The van der Waals surface area contributed by atoms with E-state index in [0.29, 0.717) is 31.4 Å². The van der Waals surface area contributed by atoms with Crippen molar-refractivity contribution in [1.82, 2.24) is 9.62 Å². The number of nitrogens with zero attached hydrogens (tertiary/aromatic N) is 2. The Labute approximate surface area is 159 Å². The smallest absolute Gasteiger partial charge is 0.270 e. The van der Waals surface area contributed by atoms with Crippen molar-refractivity contribution in [2.45, 2.75) is 50.0 Å². The zero-order valence-electron chi connectivity index (χ0n) is 15.4. The van der Waals surface area contributed by atoms with Crippen molar-refractivity contribution in [2.24, 2.45) is 5.73 Å². The number of amides is 1. The van der Waals surface area contributed by atoms with Crippen LogP contribution in [0, 0.1) is 10.1 Å². The zero-order chi connectivity index (χ0) is 20.0. The number of rotatable bonds is 8. The first-order valence-corrected chi connectivity index (χ1v) is 10.5. The summed E-state index contributed by atoms with van der Waals surface area (Å²) in [5, 5.41) is 13.8. The number of nitro groups is 1. The summed E-state index contributed by atoms with van der Waals surface area (Å²) in [6.07, 6.45) is 2.82. The first-order valence-electron chi connectivity index (χ1n) is 9.07.